The van der Waals surface area contributed by atoms with Gasteiger partial charge in [-0.15, -0.1) is 11.3 Å². The van der Waals surface area contributed by atoms with Crippen LogP contribution in [-0.2, 0) is 0 Å². The molecule has 0 N–H and O–H groups in total. The van der Waals surface area contributed by atoms with Gasteiger partial charge in [0.1, 0.15) is 0 Å². The normalized spacial score (nSPS) is 11.5. The van der Waals surface area contributed by atoms with Crippen LogP contribution >= 0.6 is 11.3 Å². The van der Waals surface area contributed by atoms with Gasteiger partial charge in [0.25, 0.3) is 0 Å². The van der Waals surface area contributed by atoms with Crippen LogP contribution in [0, 0.1) is 0 Å². The zero-order chi connectivity index (χ0) is 26.5. The Bertz CT molecular complexity index is 2180. The summed E-state index contributed by atoms with van der Waals surface area (Å²) in [6, 6.07) is 52.0. The standard InChI is InChI=1S/C37H24N2S/c1-2-10-29(11-3-1)39(34-14-8-16-36-37(34)31-12-5-7-15-35(31)40-36)30-21-19-25-17-18-27(23-28(25)24-30)33-22-20-26-9-4-6-13-32(26)38-33/h1-24H. The lowest BCUT2D eigenvalue weighted by molar-refractivity contribution is 1.31. The van der Waals surface area contributed by atoms with Gasteiger partial charge in [0.05, 0.1) is 16.9 Å². The molecule has 0 aliphatic carbocycles. The number of hydrogen-bond donors (Lipinski definition) is 0. The van der Waals surface area contributed by atoms with Crippen LogP contribution in [0.1, 0.15) is 0 Å². The summed E-state index contributed by atoms with van der Waals surface area (Å²) in [5.74, 6) is 0. The third kappa shape index (κ3) is 3.83. The van der Waals surface area contributed by atoms with Gasteiger partial charge in [0.2, 0.25) is 0 Å². The Labute approximate surface area is 236 Å². The first-order valence-corrected chi connectivity index (χ1v) is 14.3. The van der Waals surface area contributed by atoms with Crippen molar-refractivity contribution in [2.45, 2.75) is 0 Å². The van der Waals surface area contributed by atoms with Gasteiger partial charge in [-0.25, -0.2) is 4.98 Å². The van der Waals surface area contributed by atoms with Gasteiger partial charge in [-0.05, 0) is 71.4 Å². The number of rotatable bonds is 4. The van der Waals surface area contributed by atoms with E-state index in [2.05, 4.69) is 144 Å². The summed E-state index contributed by atoms with van der Waals surface area (Å²) in [6.07, 6.45) is 0. The zero-order valence-electron chi connectivity index (χ0n) is 21.7. The van der Waals surface area contributed by atoms with Crippen molar-refractivity contribution < 1.29 is 0 Å². The molecule has 0 saturated heterocycles. The van der Waals surface area contributed by atoms with E-state index in [9.17, 15) is 0 Å². The minimum Gasteiger partial charge on any atom is -0.310 e. The van der Waals surface area contributed by atoms with Crippen molar-refractivity contribution in [3.05, 3.63) is 146 Å². The maximum absolute atomic E-state index is 4.95. The van der Waals surface area contributed by atoms with Gasteiger partial charge >= 0.3 is 0 Å². The first-order chi connectivity index (χ1) is 19.8. The lowest BCUT2D eigenvalue weighted by atomic mass is 10.0. The second-order valence-electron chi connectivity index (χ2n) is 10.1. The maximum atomic E-state index is 4.95. The average molecular weight is 529 g/mol. The monoisotopic (exact) mass is 528 g/mol. The van der Waals surface area contributed by atoms with Gasteiger partial charge in [-0.1, -0.05) is 84.9 Å². The second kappa shape index (κ2) is 9.33. The molecule has 0 aliphatic heterocycles. The van der Waals surface area contributed by atoms with Crippen LogP contribution in [0.15, 0.2) is 146 Å². The van der Waals surface area contributed by atoms with E-state index in [-0.39, 0.29) is 0 Å². The van der Waals surface area contributed by atoms with Crippen molar-refractivity contribution in [1.29, 1.82) is 0 Å². The fourth-order valence-electron chi connectivity index (χ4n) is 5.71. The summed E-state index contributed by atoms with van der Waals surface area (Å²) in [6.45, 7) is 0. The molecule has 0 unspecified atom stereocenters. The molecule has 6 aromatic carbocycles. The highest BCUT2D eigenvalue weighted by molar-refractivity contribution is 7.26. The molecule has 8 rings (SSSR count). The number of thiophene rings is 1. The van der Waals surface area contributed by atoms with E-state index in [0.29, 0.717) is 0 Å². The van der Waals surface area contributed by atoms with E-state index in [1.54, 1.807) is 0 Å². The van der Waals surface area contributed by atoms with E-state index in [4.69, 9.17) is 4.98 Å². The quantitative estimate of drug-likeness (QED) is 0.226. The molecule has 2 heterocycles. The zero-order valence-corrected chi connectivity index (χ0v) is 22.5. The number of nitrogens with zero attached hydrogens (tertiary/aromatic N) is 2. The van der Waals surface area contributed by atoms with E-state index in [1.807, 2.05) is 17.4 Å². The Balaban J connectivity index is 1.32. The number of benzene rings is 6. The van der Waals surface area contributed by atoms with Crippen LogP contribution in [-0.4, -0.2) is 4.98 Å². The lowest BCUT2D eigenvalue weighted by Crippen LogP contribution is -2.10. The summed E-state index contributed by atoms with van der Waals surface area (Å²) in [7, 11) is 0. The van der Waals surface area contributed by atoms with Crippen LogP contribution in [0.5, 0.6) is 0 Å². The minimum absolute atomic E-state index is 0.987. The number of anilines is 3. The van der Waals surface area contributed by atoms with Gasteiger partial charge in [0.15, 0.2) is 0 Å². The van der Waals surface area contributed by atoms with Crippen molar-refractivity contribution in [3.8, 4) is 11.3 Å². The number of aromatic nitrogens is 1. The highest BCUT2D eigenvalue weighted by atomic mass is 32.1. The molecule has 0 bridgehead atoms. The van der Waals surface area contributed by atoms with E-state index >= 15 is 0 Å². The number of hydrogen-bond acceptors (Lipinski definition) is 3. The van der Waals surface area contributed by atoms with E-state index in [0.717, 1.165) is 33.5 Å². The van der Waals surface area contributed by atoms with Crippen molar-refractivity contribution in [1.82, 2.24) is 4.98 Å². The van der Waals surface area contributed by atoms with Crippen LogP contribution in [0.4, 0.5) is 17.1 Å². The van der Waals surface area contributed by atoms with Crippen molar-refractivity contribution >= 4 is 70.2 Å². The van der Waals surface area contributed by atoms with Crippen LogP contribution in [0.3, 0.4) is 0 Å². The Kier molecular flexibility index (Phi) is 5.35. The molecule has 0 amide bonds. The first kappa shape index (κ1) is 22.9. The molecule has 8 aromatic rings. The van der Waals surface area contributed by atoms with Crippen LogP contribution < -0.4 is 4.90 Å². The predicted molar refractivity (Wildman–Crippen MR) is 172 cm³/mol. The summed E-state index contributed by atoms with van der Waals surface area (Å²) in [5, 5.41) is 6.14. The van der Waals surface area contributed by atoms with Crippen molar-refractivity contribution in [3.63, 3.8) is 0 Å². The Morgan fingerprint density at radius 2 is 1.27 bits per heavy atom. The third-order valence-electron chi connectivity index (χ3n) is 7.61. The summed E-state index contributed by atoms with van der Waals surface area (Å²) >= 11 is 1.85. The molecule has 0 radical (unpaired) electrons. The van der Waals surface area contributed by atoms with Crippen molar-refractivity contribution in [2.24, 2.45) is 0 Å². The van der Waals surface area contributed by atoms with Gasteiger partial charge in [-0.2, -0.15) is 0 Å². The smallest absolute Gasteiger partial charge is 0.0709 e. The molecule has 0 atom stereocenters. The summed E-state index contributed by atoms with van der Waals surface area (Å²) < 4.78 is 2.61. The van der Waals surface area contributed by atoms with Crippen LogP contribution in [0.25, 0.3) is 53.1 Å². The molecule has 40 heavy (non-hydrogen) atoms. The highest BCUT2D eigenvalue weighted by Crippen LogP contribution is 2.45. The van der Waals surface area contributed by atoms with Gasteiger partial charge < -0.3 is 4.90 Å². The Morgan fingerprint density at radius 1 is 0.500 bits per heavy atom. The third-order valence-corrected chi connectivity index (χ3v) is 8.75. The van der Waals surface area contributed by atoms with Gasteiger partial charge in [-0.3, -0.25) is 0 Å². The molecular weight excluding hydrogens is 504 g/mol. The predicted octanol–water partition coefficient (Wildman–Crippen LogP) is 10.9. The molecule has 2 nitrogen and oxygen atoms in total. The van der Waals surface area contributed by atoms with Crippen LogP contribution in [0.2, 0.25) is 0 Å². The molecule has 3 heteroatoms. The summed E-state index contributed by atoms with van der Waals surface area (Å²) in [4.78, 5) is 7.34. The number of para-hydroxylation sites is 2. The fourth-order valence-corrected chi connectivity index (χ4v) is 6.83. The molecule has 0 aliphatic rings. The number of fused-ring (bicyclic) bond motifs is 5. The molecule has 188 valence electrons. The van der Waals surface area contributed by atoms with E-state index < -0.39 is 0 Å². The summed E-state index contributed by atoms with van der Waals surface area (Å²) in [5.41, 5.74) is 6.57. The Hall–Kier alpha value is -4.99. The van der Waals surface area contributed by atoms with Gasteiger partial charge in [0, 0.05) is 42.5 Å². The molecule has 0 fully saturated rings. The number of pyridine rings is 1. The second-order valence-corrected chi connectivity index (χ2v) is 11.1. The maximum Gasteiger partial charge on any atom is 0.0709 e. The lowest BCUT2D eigenvalue weighted by Gasteiger charge is -2.27. The molecule has 0 spiro atoms. The topological polar surface area (TPSA) is 16.1 Å². The SMILES string of the molecule is c1ccc(N(c2ccc3ccc(-c4ccc5ccccc5n4)cc3c2)c2cccc3sc4ccccc4c23)cc1. The fraction of sp³-hybridized carbons (Fsp3) is 0. The first-order valence-electron chi connectivity index (χ1n) is 13.5. The molecular formula is C37H24N2S. The molecule has 2 aromatic heterocycles. The largest absolute Gasteiger partial charge is 0.310 e. The highest BCUT2D eigenvalue weighted by Gasteiger charge is 2.18. The average Bonchev–Trinajstić information content (AvgIpc) is 3.41. The van der Waals surface area contributed by atoms with E-state index in [1.165, 1.54) is 36.6 Å². The van der Waals surface area contributed by atoms with Crippen molar-refractivity contribution in [2.75, 3.05) is 4.90 Å². The Morgan fingerprint density at radius 3 is 2.23 bits per heavy atom. The molecule has 0 saturated carbocycles. The minimum atomic E-state index is 0.987.